The predicted octanol–water partition coefficient (Wildman–Crippen LogP) is 12.7. The predicted molar refractivity (Wildman–Crippen MR) is 245 cm³/mol. The number of aldehydes is 1. The van der Waals surface area contributed by atoms with Gasteiger partial charge >= 0.3 is 0 Å². The van der Waals surface area contributed by atoms with E-state index in [9.17, 15) is 4.79 Å². The molecule has 0 spiro atoms. The van der Waals surface area contributed by atoms with Gasteiger partial charge in [0.25, 0.3) is 0 Å². The van der Waals surface area contributed by atoms with Gasteiger partial charge < -0.3 is 14.4 Å². The summed E-state index contributed by atoms with van der Waals surface area (Å²) in [5, 5.41) is 8.90. The van der Waals surface area contributed by atoms with Gasteiger partial charge in [0.15, 0.2) is 0 Å². The average molecular weight is 798 g/mol. The largest absolute Gasteiger partial charge is 0.367 e. The SMILES string of the molecule is O=Cc1ccc(N=Nc2ccc(N(CCOC(c3ccccc3)(c3ccccc3)c3ccccc3)CCOC(c3ccccc3)(c3ccccc3)c3ccccc3)cc2)cc1. The first-order valence-electron chi connectivity index (χ1n) is 20.6. The Bertz CT molecular complexity index is 2250. The molecule has 0 aliphatic heterocycles. The Morgan fingerprint density at radius 1 is 0.377 bits per heavy atom. The molecular weight excluding hydrogens is 751 g/mol. The lowest BCUT2D eigenvalue weighted by atomic mass is 9.80. The first-order valence-corrected chi connectivity index (χ1v) is 20.6. The van der Waals surface area contributed by atoms with Crippen LogP contribution in [0, 0.1) is 0 Å². The lowest BCUT2D eigenvalue weighted by Crippen LogP contribution is -2.39. The number of anilines is 1. The summed E-state index contributed by atoms with van der Waals surface area (Å²) in [5.41, 5.74) is 7.57. The van der Waals surface area contributed by atoms with Gasteiger partial charge in [-0.1, -0.05) is 182 Å². The van der Waals surface area contributed by atoms with Crippen LogP contribution in [0.1, 0.15) is 43.7 Å². The number of hydrogen-bond acceptors (Lipinski definition) is 6. The zero-order valence-corrected chi connectivity index (χ0v) is 33.9. The Labute approximate surface area is 358 Å². The molecule has 0 atom stereocenters. The van der Waals surface area contributed by atoms with Gasteiger partial charge in [-0.3, -0.25) is 4.79 Å². The molecule has 0 radical (unpaired) electrons. The Morgan fingerprint density at radius 2 is 0.656 bits per heavy atom. The third-order valence-electron chi connectivity index (χ3n) is 11.0. The highest BCUT2D eigenvalue weighted by Crippen LogP contribution is 2.42. The van der Waals surface area contributed by atoms with E-state index in [1.165, 1.54) is 0 Å². The third kappa shape index (κ3) is 9.17. The quantitative estimate of drug-likeness (QED) is 0.0493. The molecule has 0 amide bonds. The Kier molecular flexibility index (Phi) is 13.1. The molecule has 0 saturated heterocycles. The highest BCUT2D eigenvalue weighted by molar-refractivity contribution is 5.75. The van der Waals surface area contributed by atoms with Crippen LogP contribution >= 0.6 is 0 Å². The summed E-state index contributed by atoms with van der Waals surface area (Å²) < 4.78 is 14.6. The van der Waals surface area contributed by atoms with Crippen molar-refractivity contribution in [2.45, 2.75) is 11.2 Å². The second-order valence-corrected chi connectivity index (χ2v) is 14.7. The first kappa shape index (κ1) is 40.5. The van der Waals surface area contributed by atoms with Crippen LogP contribution in [0.15, 0.2) is 241 Å². The molecule has 0 aliphatic rings. The number of nitrogens with zero attached hydrogens (tertiary/aromatic N) is 3. The molecule has 0 bridgehead atoms. The summed E-state index contributed by atoms with van der Waals surface area (Å²) in [7, 11) is 0. The molecule has 0 aliphatic carbocycles. The molecular formula is C55H47N3O3. The van der Waals surface area contributed by atoms with Crippen molar-refractivity contribution < 1.29 is 14.3 Å². The highest BCUT2D eigenvalue weighted by Gasteiger charge is 2.39. The number of benzene rings is 8. The number of ether oxygens (including phenoxy) is 2. The van der Waals surface area contributed by atoms with Gasteiger partial charge in [0, 0.05) is 24.3 Å². The zero-order valence-electron chi connectivity index (χ0n) is 33.9. The van der Waals surface area contributed by atoms with Crippen LogP contribution < -0.4 is 4.90 Å². The minimum atomic E-state index is -0.858. The van der Waals surface area contributed by atoms with Gasteiger partial charge in [-0.15, -0.1) is 0 Å². The molecule has 6 heteroatoms. The van der Waals surface area contributed by atoms with Crippen LogP contribution in [0.3, 0.4) is 0 Å². The van der Waals surface area contributed by atoms with Crippen molar-refractivity contribution in [1.29, 1.82) is 0 Å². The lowest BCUT2D eigenvalue weighted by molar-refractivity contribution is 0.00967. The molecule has 0 saturated carbocycles. The van der Waals surface area contributed by atoms with Crippen LogP contribution in [-0.4, -0.2) is 32.6 Å². The van der Waals surface area contributed by atoms with Crippen LogP contribution in [0.2, 0.25) is 0 Å². The van der Waals surface area contributed by atoms with Crippen molar-refractivity contribution in [2.24, 2.45) is 10.2 Å². The molecule has 0 N–H and O–H groups in total. The maximum absolute atomic E-state index is 11.1. The summed E-state index contributed by atoms with van der Waals surface area (Å²) in [6, 6.07) is 77.9. The molecule has 6 nitrogen and oxygen atoms in total. The topological polar surface area (TPSA) is 63.5 Å². The molecule has 61 heavy (non-hydrogen) atoms. The van der Waals surface area contributed by atoms with E-state index >= 15 is 0 Å². The van der Waals surface area contributed by atoms with Gasteiger partial charge in [-0.2, -0.15) is 10.2 Å². The number of hydrogen-bond donors (Lipinski definition) is 0. The maximum Gasteiger partial charge on any atom is 0.150 e. The van der Waals surface area contributed by atoms with E-state index in [1.54, 1.807) is 24.3 Å². The summed E-state index contributed by atoms with van der Waals surface area (Å²) in [6.07, 6.45) is 0.817. The zero-order chi connectivity index (χ0) is 41.6. The van der Waals surface area contributed by atoms with Crippen molar-refractivity contribution in [1.82, 2.24) is 0 Å². The van der Waals surface area contributed by atoms with E-state index in [4.69, 9.17) is 9.47 Å². The molecule has 300 valence electrons. The van der Waals surface area contributed by atoms with E-state index in [1.807, 2.05) is 48.5 Å². The molecule has 8 rings (SSSR count). The second kappa shape index (κ2) is 19.7. The number of rotatable bonds is 18. The van der Waals surface area contributed by atoms with Gasteiger partial charge in [-0.05, 0) is 81.9 Å². The van der Waals surface area contributed by atoms with Crippen LogP contribution in [0.25, 0.3) is 0 Å². The Hall–Kier alpha value is -7.25. The first-order chi connectivity index (χ1) is 30.2. The van der Waals surface area contributed by atoms with E-state index in [0.29, 0.717) is 43.2 Å². The van der Waals surface area contributed by atoms with Crippen molar-refractivity contribution in [3.05, 3.63) is 269 Å². The third-order valence-corrected chi connectivity index (χ3v) is 11.0. The van der Waals surface area contributed by atoms with Crippen molar-refractivity contribution in [3.63, 3.8) is 0 Å². The molecule has 8 aromatic carbocycles. The minimum Gasteiger partial charge on any atom is -0.367 e. The molecule has 8 aromatic rings. The summed E-state index contributed by atoms with van der Waals surface area (Å²) >= 11 is 0. The van der Waals surface area contributed by atoms with Gasteiger partial charge in [0.05, 0.1) is 24.6 Å². The number of carbonyl (C=O) groups is 1. The molecule has 0 fully saturated rings. The van der Waals surface area contributed by atoms with E-state index in [2.05, 4.69) is 173 Å². The highest BCUT2D eigenvalue weighted by atomic mass is 16.5. The molecule has 0 aromatic heterocycles. The van der Waals surface area contributed by atoms with Crippen molar-refractivity contribution in [2.75, 3.05) is 31.2 Å². The van der Waals surface area contributed by atoms with Crippen molar-refractivity contribution >= 4 is 23.3 Å². The van der Waals surface area contributed by atoms with Gasteiger partial charge in [0.2, 0.25) is 0 Å². The smallest absolute Gasteiger partial charge is 0.150 e. The molecule has 0 unspecified atom stereocenters. The fourth-order valence-electron chi connectivity index (χ4n) is 7.99. The average Bonchev–Trinajstić information content (AvgIpc) is 3.35. The monoisotopic (exact) mass is 797 g/mol. The van der Waals surface area contributed by atoms with E-state index in [0.717, 1.165) is 45.4 Å². The van der Waals surface area contributed by atoms with E-state index in [-0.39, 0.29) is 0 Å². The van der Waals surface area contributed by atoms with Crippen molar-refractivity contribution in [3.8, 4) is 0 Å². The van der Waals surface area contributed by atoms with Crippen LogP contribution in [-0.2, 0) is 20.7 Å². The fourth-order valence-corrected chi connectivity index (χ4v) is 7.99. The van der Waals surface area contributed by atoms with Gasteiger partial charge in [-0.25, -0.2) is 0 Å². The second-order valence-electron chi connectivity index (χ2n) is 14.7. The van der Waals surface area contributed by atoms with Crippen LogP contribution in [0.5, 0.6) is 0 Å². The van der Waals surface area contributed by atoms with Gasteiger partial charge in [0.1, 0.15) is 17.5 Å². The maximum atomic E-state index is 11.1. The minimum absolute atomic E-state index is 0.401. The standard InChI is InChI=1S/C55H47N3O3/c59-43-44-31-33-51(34-32-44)56-57-52-35-37-53(38-36-52)58(39-41-60-54(45-19-7-1-8-20-45,46-21-9-2-10-22-46)47-23-11-3-12-24-47)40-42-61-55(48-25-13-4-14-26-48,49-27-15-5-16-28-49)50-29-17-6-18-30-50/h1-38,43H,39-42H2. The lowest BCUT2D eigenvalue weighted by Gasteiger charge is -2.38. The Balaban J connectivity index is 1.13. The Morgan fingerprint density at radius 3 is 0.934 bits per heavy atom. The van der Waals surface area contributed by atoms with Crippen LogP contribution in [0.4, 0.5) is 17.1 Å². The number of carbonyl (C=O) groups excluding carboxylic acids is 1. The normalized spacial score (nSPS) is 11.7. The summed E-state index contributed by atoms with van der Waals surface area (Å²) in [4.78, 5) is 13.4. The number of azo groups is 1. The molecule has 0 heterocycles. The van der Waals surface area contributed by atoms with E-state index < -0.39 is 11.2 Å². The summed E-state index contributed by atoms with van der Waals surface area (Å²) in [5.74, 6) is 0. The summed E-state index contributed by atoms with van der Waals surface area (Å²) in [6.45, 7) is 1.93. The fraction of sp³-hybridized carbons (Fsp3) is 0.109.